The molecule has 7 rings (SSSR count). The SMILES string of the molecule is CC(C)(C)OC(=O)N1CCC[C@H](C(=O)Nc2nn(C(c3ccccc3)(c3ccccc3)c3ccccc3)c3ccc(-c4c(Cl)cccc4Cl)cc23)C1. The maximum Gasteiger partial charge on any atom is 0.410 e. The lowest BCUT2D eigenvalue weighted by Crippen LogP contribution is -2.45. The second kappa shape index (κ2) is 14.5. The van der Waals surface area contributed by atoms with Gasteiger partial charge in [-0.15, -0.1) is 0 Å². The van der Waals surface area contributed by atoms with Crippen molar-refractivity contribution in [2.45, 2.75) is 44.8 Å². The average molecular weight is 732 g/mol. The Balaban J connectivity index is 1.42. The van der Waals surface area contributed by atoms with Crippen LogP contribution in [0.4, 0.5) is 10.6 Å². The van der Waals surface area contributed by atoms with Crippen LogP contribution in [0.15, 0.2) is 127 Å². The van der Waals surface area contributed by atoms with Gasteiger partial charge >= 0.3 is 6.09 Å². The van der Waals surface area contributed by atoms with Gasteiger partial charge in [-0.3, -0.25) is 4.79 Å². The van der Waals surface area contributed by atoms with Crippen LogP contribution in [-0.4, -0.2) is 45.4 Å². The Hall–Kier alpha value is -5.11. The number of halogens is 2. The molecule has 264 valence electrons. The zero-order valence-corrected chi connectivity index (χ0v) is 30.9. The summed E-state index contributed by atoms with van der Waals surface area (Å²) in [5.74, 6) is -0.276. The molecule has 5 aromatic carbocycles. The predicted molar refractivity (Wildman–Crippen MR) is 209 cm³/mol. The number of anilines is 1. The van der Waals surface area contributed by atoms with E-state index >= 15 is 0 Å². The van der Waals surface area contributed by atoms with Crippen molar-refractivity contribution in [3.05, 3.63) is 154 Å². The van der Waals surface area contributed by atoms with E-state index in [4.69, 9.17) is 33.0 Å². The highest BCUT2D eigenvalue weighted by Gasteiger charge is 2.41. The van der Waals surface area contributed by atoms with E-state index < -0.39 is 23.2 Å². The first kappa shape index (κ1) is 35.3. The van der Waals surface area contributed by atoms with Crippen LogP contribution in [0.2, 0.25) is 10.0 Å². The van der Waals surface area contributed by atoms with Gasteiger partial charge in [0.25, 0.3) is 0 Å². The van der Waals surface area contributed by atoms with E-state index in [1.807, 2.05) is 116 Å². The maximum atomic E-state index is 14.2. The number of nitrogens with zero attached hydrogens (tertiary/aromatic N) is 3. The summed E-state index contributed by atoms with van der Waals surface area (Å²) >= 11 is 13.4. The zero-order valence-electron chi connectivity index (χ0n) is 29.4. The molecular formula is C43H40Cl2N4O3. The molecule has 0 aliphatic carbocycles. The molecule has 1 saturated heterocycles. The highest BCUT2D eigenvalue weighted by molar-refractivity contribution is 6.39. The molecule has 1 fully saturated rings. The third-order valence-electron chi connectivity index (χ3n) is 9.51. The predicted octanol–water partition coefficient (Wildman–Crippen LogP) is 10.4. The molecule has 1 N–H and O–H groups in total. The fraction of sp³-hybridized carbons (Fsp3) is 0.233. The number of fused-ring (bicyclic) bond motifs is 1. The first-order chi connectivity index (χ1) is 25.1. The Morgan fingerprint density at radius 1 is 0.769 bits per heavy atom. The summed E-state index contributed by atoms with van der Waals surface area (Å²) in [7, 11) is 0. The summed E-state index contributed by atoms with van der Waals surface area (Å²) in [6, 6.07) is 42.3. The fourth-order valence-corrected chi connectivity index (χ4v) is 7.82. The lowest BCUT2D eigenvalue weighted by atomic mass is 9.77. The second-order valence-electron chi connectivity index (χ2n) is 14.2. The molecule has 0 radical (unpaired) electrons. The smallest absolute Gasteiger partial charge is 0.410 e. The molecule has 0 spiro atoms. The van der Waals surface area contributed by atoms with Crippen LogP contribution in [0.25, 0.3) is 22.0 Å². The van der Waals surface area contributed by atoms with E-state index in [2.05, 4.69) is 41.7 Å². The quantitative estimate of drug-likeness (QED) is 0.166. The van der Waals surface area contributed by atoms with Crippen molar-refractivity contribution in [3.63, 3.8) is 0 Å². The van der Waals surface area contributed by atoms with E-state index in [0.717, 1.165) is 27.8 Å². The fourth-order valence-electron chi connectivity index (χ4n) is 7.20. The van der Waals surface area contributed by atoms with E-state index in [0.29, 0.717) is 46.2 Å². The number of aromatic nitrogens is 2. The summed E-state index contributed by atoms with van der Waals surface area (Å²) in [4.78, 5) is 28.8. The van der Waals surface area contributed by atoms with Gasteiger partial charge in [-0.2, -0.15) is 5.10 Å². The molecule has 6 aromatic rings. The van der Waals surface area contributed by atoms with Crippen molar-refractivity contribution in [1.29, 1.82) is 0 Å². The average Bonchev–Trinajstić information content (AvgIpc) is 3.50. The topological polar surface area (TPSA) is 76.5 Å². The first-order valence-electron chi connectivity index (χ1n) is 17.5. The molecule has 1 aliphatic heterocycles. The molecule has 0 unspecified atom stereocenters. The van der Waals surface area contributed by atoms with Crippen molar-refractivity contribution in [2.24, 2.45) is 5.92 Å². The summed E-state index contributed by atoms with van der Waals surface area (Å²) in [5.41, 5.74) is 3.68. The Labute approximate surface area is 314 Å². The first-order valence-corrected chi connectivity index (χ1v) is 18.2. The van der Waals surface area contributed by atoms with Gasteiger partial charge < -0.3 is 15.0 Å². The van der Waals surface area contributed by atoms with Gasteiger partial charge in [0.1, 0.15) is 11.1 Å². The van der Waals surface area contributed by atoms with E-state index in [9.17, 15) is 9.59 Å². The highest BCUT2D eigenvalue weighted by Crippen LogP contribution is 2.45. The minimum atomic E-state index is -0.938. The van der Waals surface area contributed by atoms with Crippen molar-refractivity contribution in [1.82, 2.24) is 14.7 Å². The number of amides is 2. The van der Waals surface area contributed by atoms with Gasteiger partial charge in [-0.25, -0.2) is 9.48 Å². The van der Waals surface area contributed by atoms with Crippen LogP contribution in [0.3, 0.4) is 0 Å². The van der Waals surface area contributed by atoms with Gasteiger partial charge in [-0.05, 0) is 80.1 Å². The normalized spacial score (nSPS) is 15.0. The van der Waals surface area contributed by atoms with Gasteiger partial charge in [0.15, 0.2) is 5.82 Å². The Morgan fingerprint density at radius 2 is 1.33 bits per heavy atom. The molecule has 7 nitrogen and oxygen atoms in total. The van der Waals surface area contributed by atoms with Crippen LogP contribution in [0.1, 0.15) is 50.3 Å². The van der Waals surface area contributed by atoms with Crippen LogP contribution in [-0.2, 0) is 15.1 Å². The number of likely N-dealkylation sites (tertiary alicyclic amines) is 1. The van der Waals surface area contributed by atoms with Gasteiger partial charge in [-0.1, -0.05) is 126 Å². The number of piperidine rings is 1. The number of benzene rings is 5. The molecule has 1 aliphatic rings. The third kappa shape index (κ3) is 6.79. The van der Waals surface area contributed by atoms with E-state index in [1.54, 1.807) is 4.90 Å². The Bertz CT molecular complexity index is 2100. The molecule has 2 heterocycles. The van der Waals surface area contributed by atoms with Crippen molar-refractivity contribution in [3.8, 4) is 11.1 Å². The zero-order chi connectivity index (χ0) is 36.5. The lowest BCUT2D eigenvalue weighted by Gasteiger charge is -2.37. The standard InChI is InChI=1S/C43H40Cl2N4O3/c1-42(2,3)52-41(51)48-26-14-15-30(28-48)40(50)46-39-34-27-29(38-35(44)22-13-23-36(38)45)24-25-37(34)49(47-39)43(31-16-7-4-8-17-31,32-18-9-5-10-19-32)33-20-11-6-12-21-33/h4-13,16-25,27,30H,14-15,26,28H2,1-3H3,(H,46,47,50)/t30-/m0/s1. The molecule has 52 heavy (non-hydrogen) atoms. The number of carbonyl (C=O) groups excluding carboxylic acids is 2. The molecule has 2 amide bonds. The largest absolute Gasteiger partial charge is 0.444 e. The number of hydrogen-bond acceptors (Lipinski definition) is 4. The molecule has 1 aromatic heterocycles. The molecular weight excluding hydrogens is 691 g/mol. The summed E-state index contributed by atoms with van der Waals surface area (Å²) in [6.07, 6.45) is 0.895. The highest BCUT2D eigenvalue weighted by atomic mass is 35.5. The van der Waals surface area contributed by atoms with E-state index in [-0.39, 0.29) is 12.5 Å². The van der Waals surface area contributed by atoms with Crippen molar-refractivity contribution >= 4 is 51.9 Å². The molecule has 9 heteroatoms. The number of ether oxygens (including phenoxy) is 1. The number of rotatable bonds is 7. The number of nitrogens with one attached hydrogen (secondary N) is 1. The number of carbonyl (C=O) groups is 2. The summed E-state index contributed by atoms with van der Waals surface area (Å²) < 4.78 is 7.66. The van der Waals surface area contributed by atoms with Gasteiger partial charge in [0, 0.05) is 34.1 Å². The van der Waals surface area contributed by atoms with Crippen molar-refractivity contribution < 1.29 is 14.3 Å². The van der Waals surface area contributed by atoms with Crippen LogP contribution < -0.4 is 5.32 Å². The molecule has 0 saturated carbocycles. The Morgan fingerprint density at radius 3 is 1.87 bits per heavy atom. The minimum Gasteiger partial charge on any atom is -0.444 e. The summed E-state index contributed by atoms with van der Waals surface area (Å²) in [5, 5.41) is 10.3. The van der Waals surface area contributed by atoms with E-state index in [1.165, 1.54) is 0 Å². The third-order valence-corrected chi connectivity index (χ3v) is 10.1. The van der Waals surface area contributed by atoms with Crippen LogP contribution in [0.5, 0.6) is 0 Å². The second-order valence-corrected chi connectivity index (χ2v) is 15.0. The molecule has 1 atom stereocenters. The van der Waals surface area contributed by atoms with Gasteiger partial charge in [0.05, 0.1) is 11.4 Å². The van der Waals surface area contributed by atoms with Crippen LogP contribution in [0, 0.1) is 5.92 Å². The van der Waals surface area contributed by atoms with Crippen LogP contribution >= 0.6 is 23.2 Å². The Kier molecular flexibility index (Phi) is 9.84. The van der Waals surface area contributed by atoms with Gasteiger partial charge in [0.2, 0.25) is 5.91 Å². The summed E-state index contributed by atoms with van der Waals surface area (Å²) in [6.45, 7) is 6.30. The monoisotopic (exact) mass is 730 g/mol. The maximum absolute atomic E-state index is 14.2. The molecule has 0 bridgehead atoms. The minimum absolute atomic E-state index is 0.217. The van der Waals surface area contributed by atoms with Crippen molar-refractivity contribution in [2.75, 3.05) is 18.4 Å². The lowest BCUT2D eigenvalue weighted by molar-refractivity contribution is -0.121. The number of hydrogen-bond donors (Lipinski definition) is 1.